The zero-order valence-corrected chi connectivity index (χ0v) is 4.30. The molecule has 0 aromatic heterocycles. The molecular weight excluding hydrogens is 84.1 g/mol. The van der Waals surface area contributed by atoms with Crippen molar-refractivity contribution in [3.05, 3.63) is 31.2 Å². The van der Waals surface area contributed by atoms with E-state index in [9.17, 15) is 0 Å². The summed E-state index contributed by atoms with van der Waals surface area (Å²) in [7, 11) is 0. The summed E-state index contributed by atoms with van der Waals surface area (Å²) in [6.45, 7) is 3.67. The maximum Gasteiger partial charge on any atom is 0.0901 e. The van der Waals surface area contributed by atoms with Crippen molar-refractivity contribution in [2.75, 3.05) is 0 Å². The van der Waals surface area contributed by atoms with E-state index in [1.165, 1.54) is 0 Å². The van der Waals surface area contributed by atoms with Crippen molar-refractivity contribution in [1.29, 1.82) is 0 Å². The van der Waals surface area contributed by atoms with E-state index in [-0.39, 0.29) is 0 Å². The predicted octanol–water partition coefficient (Wildman–Crippen LogP) is 1.95. The predicted molar refractivity (Wildman–Crippen MR) is 31.7 cm³/mol. The molecule has 0 aromatic carbocycles. The molecule has 0 aliphatic heterocycles. The highest BCUT2D eigenvalue weighted by Gasteiger charge is 2.11. The summed E-state index contributed by atoms with van der Waals surface area (Å²) < 4.78 is 0. The van der Waals surface area contributed by atoms with Gasteiger partial charge < -0.3 is 0 Å². The fraction of sp³-hybridized carbons (Fsp3) is 0.286. The molecule has 0 saturated heterocycles. The summed E-state index contributed by atoms with van der Waals surface area (Å²) in [6.07, 6.45) is 9.54. The van der Waals surface area contributed by atoms with Crippen molar-refractivity contribution >= 4 is 0 Å². The van der Waals surface area contributed by atoms with E-state index in [4.69, 9.17) is 0 Å². The van der Waals surface area contributed by atoms with Crippen LogP contribution in [0.3, 0.4) is 0 Å². The topological polar surface area (TPSA) is 0 Å². The Morgan fingerprint density at radius 1 is 1.86 bits per heavy atom. The smallest absolute Gasteiger partial charge is 0.0901 e. The third-order valence-electron chi connectivity index (χ3n) is 1.21. The van der Waals surface area contributed by atoms with Crippen molar-refractivity contribution < 1.29 is 0 Å². The molecule has 1 atom stereocenters. The lowest BCUT2D eigenvalue weighted by atomic mass is 10.1. The fourth-order valence-corrected chi connectivity index (χ4v) is 0.710. The van der Waals surface area contributed by atoms with Crippen LogP contribution in [0.15, 0.2) is 24.8 Å². The summed E-state index contributed by atoms with van der Waals surface area (Å²) >= 11 is 0. The van der Waals surface area contributed by atoms with Crippen molar-refractivity contribution in [1.82, 2.24) is 0 Å². The average Bonchev–Trinajstić information content (AvgIpc) is 2.14. The SMILES string of the molecule is C=CC1C=C[CH+]C1. The van der Waals surface area contributed by atoms with E-state index in [1.807, 2.05) is 6.08 Å². The van der Waals surface area contributed by atoms with Crippen LogP contribution >= 0.6 is 0 Å². The minimum atomic E-state index is 0.625. The van der Waals surface area contributed by atoms with Crippen molar-refractivity contribution in [3.63, 3.8) is 0 Å². The van der Waals surface area contributed by atoms with Gasteiger partial charge in [-0.25, -0.2) is 0 Å². The van der Waals surface area contributed by atoms with Gasteiger partial charge in [-0.05, 0) is 0 Å². The molecule has 1 unspecified atom stereocenters. The van der Waals surface area contributed by atoms with Gasteiger partial charge in [-0.3, -0.25) is 0 Å². The van der Waals surface area contributed by atoms with E-state index in [0.717, 1.165) is 6.42 Å². The van der Waals surface area contributed by atoms with Gasteiger partial charge in [0.15, 0.2) is 0 Å². The second-order valence-electron chi connectivity index (χ2n) is 1.76. The first-order valence-corrected chi connectivity index (χ1v) is 2.56. The van der Waals surface area contributed by atoms with Gasteiger partial charge in [-0.2, -0.15) is 0 Å². The molecule has 7 heavy (non-hydrogen) atoms. The molecule has 0 radical (unpaired) electrons. The normalized spacial score (nSPS) is 27.1. The van der Waals surface area contributed by atoms with Gasteiger partial charge >= 0.3 is 0 Å². The van der Waals surface area contributed by atoms with Crippen LogP contribution in [0.2, 0.25) is 0 Å². The molecule has 0 heteroatoms. The number of hydrogen-bond acceptors (Lipinski definition) is 0. The first kappa shape index (κ1) is 4.51. The average molecular weight is 93.1 g/mol. The lowest BCUT2D eigenvalue weighted by Crippen LogP contribution is -1.80. The van der Waals surface area contributed by atoms with E-state index >= 15 is 0 Å². The van der Waals surface area contributed by atoms with Gasteiger partial charge in [0.2, 0.25) is 0 Å². The Labute approximate surface area is 44.5 Å². The van der Waals surface area contributed by atoms with E-state index in [0.29, 0.717) is 5.92 Å². The lowest BCUT2D eigenvalue weighted by Gasteiger charge is -1.84. The van der Waals surface area contributed by atoms with E-state index in [2.05, 4.69) is 25.2 Å². The van der Waals surface area contributed by atoms with Gasteiger partial charge in [0, 0.05) is 12.5 Å². The van der Waals surface area contributed by atoms with Gasteiger partial charge in [-0.1, -0.05) is 6.08 Å². The number of rotatable bonds is 1. The van der Waals surface area contributed by atoms with Crippen LogP contribution in [0, 0.1) is 12.3 Å². The summed E-state index contributed by atoms with van der Waals surface area (Å²) in [4.78, 5) is 0. The van der Waals surface area contributed by atoms with Crippen LogP contribution in [0.1, 0.15) is 6.42 Å². The van der Waals surface area contributed by atoms with Crippen LogP contribution in [-0.2, 0) is 0 Å². The molecule has 0 aromatic rings. The standard InChI is InChI=1S/C7H9/c1-2-7-5-3-4-6-7/h2-5,7H,1,6H2/q+1. The van der Waals surface area contributed by atoms with Crippen LogP contribution < -0.4 is 0 Å². The first-order valence-electron chi connectivity index (χ1n) is 2.56. The van der Waals surface area contributed by atoms with Crippen LogP contribution in [0.5, 0.6) is 0 Å². The van der Waals surface area contributed by atoms with Crippen molar-refractivity contribution in [2.24, 2.45) is 5.92 Å². The number of allylic oxidation sites excluding steroid dienone is 3. The van der Waals surface area contributed by atoms with Gasteiger partial charge in [0.05, 0.1) is 18.4 Å². The molecule has 0 spiro atoms. The molecule has 36 valence electrons. The highest BCUT2D eigenvalue weighted by molar-refractivity contribution is 5.12. The molecule has 0 heterocycles. The minimum absolute atomic E-state index is 0.625. The maximum absolute atomic E-state index is 3.67. The molecule has 0 N–H and O–H groups in total. The molecule has 0 fully saturated rings. The summed E-state index contributed by atoms with van der Waals surface area (Å²) in [5.41, 5.74) is 0. The van der Waals surface area contributed by atoms with E-state index in [1.54, 1.807) is 0 Å². The Balaban J connectivity index is 2.42. The zero-order valence-electron chi connectivity index (χ0n) is 4.30. The zero-order chi connectivity index (χ0) is 5.11. The highest BCUT2D eigenvalue weighted by Crippen LogP contribution is 2.15. The molecule has 1 aliphatic carbocycles. The molecule has 0 bridgehead atoms. The van der Waals surface area contributed by atoms with Crippen LogP contribution in [0.4, 0.5) is 0 Å². The fourth-order valence-electron chi connectivity index (χ4n) is 0.710. The maximum atomic E-state index is 3.67. The van der Waals surface area contributed by atoms with Gasteiger partial charge in [0.25, 0.3) is 0 Å². The van der Waals surface area contributed by atoms with Crippen LogP contribution in [-0.4, -0.2) is 0 Å². The Kier molecular flexibility index (Phi) is 1.21. The summed E-state index contributed by atoms with van der Waals surface area (Å²) in [6, 6.07) is 0. The van der Waals surface area contributed by atoms with Gasteiger partial charge in [-0.15, -0.1) is 6.58 Å². The summed E-state index contributed by atoms with van der Waals surface area (Å²) in [5.74, 6) is 0.625. The molecular formula is C7H9+. The first-order chi connectivity index (χ1) is 3.43. The lowest BCUT2D eigenvalue weighted by molar-refractivity contribution is 0.847. The third kappa shape index (κ3) is 0.861. The molecule has 1 rings (SSSR count). The van der Waals surface area contributed by atoms with Gasteiger partial charge in [0.1, 0.15) is 0 Å². The molecule has 0 nitrogen and oxygen atoms in total. The Bertz CT molecular complexity index is 90.2. The Hall–Kier alpha value is -0.650. The van der Waals surface area contributed by atoms with Crippen molar-refractivity contribution in [2.45, 2.75) is 6.42 Å². The quantitative estimate of drug-likeness (QED) is 0.343. The molecule has 1 aliphatic rings. The molecule has 0 amide bonds. The van der Waals surface area contributed by atoms with E-state index < -0.39 is 0 Å². The largest absolute Gasteiger partial charge is 0.101 e. The second-order valence-corrected chi connectivity index (χ2v) is 1.76. The minimum Gasteiger partial charge on any atom is -0.101 e. The summed E-state index contributed by atoms with van der Waals surface area (Å²) in [5, 5.41) is 0. The second kappa shape index (κ2) is 1.87. The highest BCUT2D eigenvalue weighted by atomic mass is 14.1. The number of hydrogen-bond donors (Lipinski definition) is 0. The monoisotopic (exact) mass is 93.1 g/mol. The molecule has 0 saturated carbocycles. The Morgan fingerprint density at radius 2 is 2.71 bits per heavy atom. The third-order valence-corrected chi connectivity index (χ3v) is 1.21. The Morgan fingerprint density at radius 3 is 3.00 bits per heavy atom. The van der Waals surface area contributed by atoms with Crippen molar-refractivity contribution in [3.8, 4) is 0 Å². The van der Waals surface area contributed by atoms with Crippen LogP contribution in [0.25, 0.3) is 0 Å².